The van der Waals surface area contributed by atoms with Gasteiger partial charge in [0.25, 0.3) is 5.91 Å². The van der Waals surface area contributed by atoms with Gasteiger partial charge in [-0.25, -0.2) is 4.98 Å². The van der Waals surface area contributed by atoms with Gasteiger partial charge < -0.3 is 9.88 Å². The van der Waals surface area contributed by atoms with Crippen LogP contribution in [0.3, 0.4) is 0 Å². The number of rotatable bonds is 1. The summed E-state index contributed by atoms with van der Waals surface area (Å²) in [7, 11) is 0. The number of H-pyrrole nitrogens is 1. The van der Waals surface area contributed by atoms with Gasteiger partial charge in [0.1, 0.15) is 0 Å². The zero-order valence-electron chi connectivity index (χ0n) is 16.5. The standard InChI is InChI=1S/C23H24N4O/c1-23(2,3)21-12-18-10-15(13-24)4-5-16(18)8-9-27(21)22(28)17-6-7-19-20(11-17)26-14-25-19/h4-7,10-11,14,21H,8-9,12H2,1-3H3,(H,25,26). The molecule has 3 aromatic rings. The molecule has 0 radical (unpaired) electrons. The molecule has 1 aromatic heterocycles. The summed E-state index contributed by atoms with van der Waals surface area (Å²) in [5.74, 6) is 0.0461. The molecule has 5 heteroatoms. The molecular formula is C23H24N4O. The van der Waals surface area contributed by atoms with Gasteiger partial charge >= 0.3 is 0 Å². The van der Waals surface area contributed by atoms with Crippen LogP contribution in [-0.2, 0) is 12.8 Å². The molecule has 2 aromatic carbocycles. The van der Waals surface area contributed by atoms with Crippen molar-refractivity contribution in [1.29, 1.82) is 5.26 Å². The number of nitrogens with one attached hydrogen (secondary N) is 1. The number of hydrogen-bond donors (Lipinski definition) is 1. The number of fused-ring (bicyclic) bond motifs is 2. The second-order valence-corrected chi connectivity index (χ2v) is 8.56. The first-order valence-electron chi connectivity index (χ1n) is 9.63. The highest BCUT2D eigenvalue weighted by Gasteiger charge is 2.36. The van der Waals surface area contributed by atoms with E-state index in [9.17, 15) is 10.1 Å². The van der Waals surface area contributed by atoms with E-state index in [1.807, 2.05) is 41.3 Å². The summed E-state index contributed by atoms with van der Waals surface area (Å²) in [6.07, 6.45) is 3.20. The van der Waals surface area contributed by atoms with Crippen LogP contribution < -0.4 is 0 Å². The van der Waals surface area contributed by atoms with E-state index < -0.39 is 0 Å². The summed E-state index contributed by atoms with van der Waals surface area (Å²) in [6.45, 7) is 7.19. The first kappa shape index (κ1) is 18.2. The van der Waals surface area contributed by atoms with Crippen molar-refractivity contribution in [2.24, 2.45) is 5.41 Å². The summed E-state index contributed by atoms with van der Waals surface area (Å²) in [6, 6.07) is 13.8. The maximum Gasteiger partial charge on any atom is 0.254 e. The van der Waals surface area contributed by atoms with Crippen molar-refractivity contribution in [3.8, 4) is 6.07 Å². The lowest BCUT2D eigenvalue weighted by molar-refractivity contribution is 0.0532. The third kappa shape index (κ3) is 3.27. The number of amides is 1. The molecule has 28 heavy (non-hydrogen) atoms. The number of nitriles is 1. The number of carbonyl (C=O) groups is 1. The van der Waals surface area contributed by atoms with Gasteiger partial charge in [-0.2, -0.15) is 5.26 Å². The fourth-order valence-electron chi connectivity index (χ4n) is 4.10. The fraction of sp³-hybridized carbons (Fsp3) is 0.348. The van der Waals surface area contributed by atoms with Gasteiger partial charge in [-0.3, -0.25) is 4.79 Å². The van der Waals surface area contributed by atoms with Gasteiger partial charge in [-0.05, 0) is 59.7 Å². The zero-order valence-corrected chi connectivity index (χ0v) is 16.5. The summed E-state index contributed by atoms with van der Waals surface area (Å²) in [5, 5.41) is 9.27. The molecule has 1 aliphatic heterocycles. The normalized spacial score (nSPS) is 17.1. The molecule has 0 bridgehead atoms. The molecule has 0 fully saturated rings. The van der Waals surface area contributed by atoms with E-state index in [4.69, 9.17) is 0 Å². The van der Waals surface area contributed by atoms with Crippen LogP contribution >= 0.6 is 0 Å². The number of carbonyl (C=O) groups excluding carboxylic acids is 1. The summed E-state index contributed by atoms with van der Waals surface area (Å²) in [4.78, 5) is 22.8. The molecule has 1 atom stereocenters. The Kier molecular flexibility index (Phi) is 4.43. The van der Waals surface area contributed by atoms with E-state index in [0.717, 1.165) is 23.9 Å². The van der Waals surface area contributed by atoms with Gasteiger partial charge in [0.05, 0.1) is 29.0 Å². The SMILES string of the molecule is CC(C)(C)C1Cc2cc(C#N)ccc2CCN1C(=O)c1ccc2nc[nH]c2c1. The Hall–Kier alpha value is -3.13. The van der Waals surface area contributed by atoms with Gasteiger partial charge in [-0.1, -0.05) is 26.8 Å². The molecule has 0 spiro atoms. The first-order chi connectivity index (χ1) is 13.4. The fourth-order valence-corrected chi connectivity index (χ4v) is 4.10. The number of nitrogens with zero attached hydrogens (tertiary/aromatic N) is 3. The Morgan fingerprint density at radius 3 is 2.79 bits per heavy atom. The lowest BCUT2D eigenvalue weighted by Gasteiger charge is -2.39. The molecule has 1 unspecified atom stereocenters. The number of imidazole rings is 1. The van der Waals surface area contributed by atoms with Gasteiger partial charge in [-0.15, -0.1) is 0 Å². The van der Waals surface area contributed by atoms with Gasteiger partial charge in [0.15, 0.2) is 0 Å². The predicted molar refractivity (Wildman–Crippen MR) is 109 cm³/mol. The monoisotopic (exact) mass is 372 g/mol. The minimum absolute atomic E-state index is 0.0461. The average Bonchev–Trinajstić information content (AvgIpc) is 3.05. The van der Waals surface area contributed by atoms with Crippen molar-refractivity contribution in [3.63, 3.8) is 0 Å². The van der Waals surface area contributed by atoms with Crippen molar-refractivity contribution in [1.82, 2.24) is 14.9 Å². The largest absolute Gasteiger partial charge is 0.345 e. The summed E-state index contributed by atoms with van der Waals surface area (Å²) < 4.78 is 0. The smallest absolute Gasteiger partial charge is 0.254 e. The Bertz CT molecular complexity index is 1080. The lowest BCUT2D eigenvalue weighted by atomic mass is 9.81. The third-order valence-corrected chi connectivity index (χ3v) is 5.67. The molecule has 0 saturated carbocycles. The molecule has 0 saturated heterocycles. The lowest BCUT2D eigenvalue weighted by Crippen LogP contribution is -2.48. The molecule has 0 aliphatic carbocycles. The Balaban J connectivity index is 1.72. The van der Waals surface area contributed by atoms with Crippen LogP contribution in [0.15, 0.2) is 42.7 Å². The van der Waals surface area contributed by atoms with Gasteiger partial charge in [0.2, 0.25) is 0 Å². The van der Waals surface area contributed by atoms with Crippen molar-refractivity contribution in [3.05, 3.63) is 65.0 Å². The summed E-state index contributed by atoms with van der Waals surface area (Å²) >= 11 is 0. The second kappa shape index (κ2) is 6.79. The molecule has 2 heterocycles. The highest BCUT2D eigenvalue weighted by Crippen LogP contribution is 2.33. The highest BCUT2D eigenvalue weighted by molar-refractivity contribution is 5.97. The molecule has 1 N–H and O–H groups in total. The van der Waals surface area contributed by atoms with Crippen molar-refractivity contribution >= 4 is 16.9 Å². The molecule has 1 amide bonds. The van der Waals surface area contributed by atoms with E-state index in [1.54, 1.807) is 6.33 Å². The third-order valence-electron chi connectivity index (χ3n) is 5.67. The van der Waals surface area contributed by atoms with E-state index in [0.29, 0.717) is 17.7 Å². The van der Waals surface area contributed by atoms with Crippen molar-refractivity contribution in [2.75, 3.05) is 6.54 Å². The number of benzene rings is 2. The predicted octanol–water partition coefficient (Wildman–Crippen LogP) is 4.09. The van der Waals surface area contributed by atoms with E-state index in [2.05, 4.69) is 36.8 Å². The van der Waals surface area contributed by atoms with Crippen LogP contribution in [0.2, 0.25) is 0 Å². The molecule has 142 valence electrons. The maximum atomic E-state index is 13.5. The Labute approximate surface area is 165 Å². The van der Waals surface area contributed by atoms with Crippen molar-refractivity contribution in [2.45, 2.75) is 39.7 Å². The molecular weight excluding hydrogens is 348 g/mol. The Morgan fingerprint density at radius 1 is 1.21 bits per heavy atom. The van der Waals surface area contributed by atoms with E-state index in [1.165, 1.54) is 11.1 Å². The van der Waals surface area contributed by atoms with E-state index in [-0.39, 0.29) is 17.4 Å². The zero-order chi connectivity index (χ0) is 19.9. The number of hydrogen-bond acceptors (Lipinski definition) is 3. The Morgan fingerprint density at radius 2 is 2.04 bits per heavy atom. The van der Waals surface area contributed by atoms with Crippen LogP contribution in [0.4, 0.5) is 0 Å². The van der Waals surface area contributed by atoms with Crippen LogP contribution in [0, 0.1) is 16.7 Å². The van der Waals surface area contributed by atoms with Crippen LogP contribution in [0.1, 0.15) is 47.8 Å². The number of aromatic nitrogens is 2. The highest BCUT2D eigenvalue weighted by atomic mass is 16.2. The van der Waals surface area contributed by atoms with Gasteiger partial charge in [0, 0.05) is 18.2 Å². The second-order valence-electron chi connectivity index (χ2n) is 8.56. The number of aromatic amines is 1. The molecule has 5 nitrogen and oxygen atoms in total. The van der Waals surface area contributed by atoms with E-state index >= 15 is 0 Å². The minimum Gasteiger partial charge on any atom is -0.345 e. The van der Waals surface area contributed by atoms with Crippen molar-refractivity contribution < 1.29 is 4.79 Å². The maximum absolute atomic E-state index is 13.5. The summed E-state index contributed by atoms with van der Waals surface area (Å²) in [5.41, 5.74) is 5.40. The van der Waals surface area contributed by atoms with Crippen LogP contribution in [0.5, 0.6) is 0 Å². The topological polar surface area (TPSA) is 72.8 Å². The van der Waals surface area contributed by atoms with Crippen LogP contribution in [-0.4, -0.2) is 33.4 Å². The average molecular weight is 372 g/mol. The molecule has 1 aliphatic rings. The molecule has 4 rings (SSSR count). The van der Waals surface area contributed by atoms with Crippen LogP contribution in [0.25, 0.3) is 11.0 Å². The quantitative estimate of drug-likeness (QED) is 0.699. The minimum atomic E-state index is -0.0853. The first-order valence-corrected chi connectivity index (χ1v) is 9.63.